The van der Waals surface area contributed by atoms with E-state index in [0.717, 1.165) is 10.0 Å². The Morgan fingerprint density at radius 3 is 2.46 bits per heavy atom. The van der Waals surface area contributed by atoms with E-state index in [-0.39, 0.29) is 5.78 Å². The fourth-order valence-electron chi connectivity index (χ4n) is 2.47. The number of ketones is 1. The van der Waals surface area contributed by atoms with Gasteiger partial charge in [-0.15, -0.1) is 0 Å². The van der Waals surface area contributed by atoms with E-state index in [1.807, 2.05) is 18.2 Å². The predicted octanol–water partition coefficient (Wildman–Crippen LogP) is 4.50. The number of Topliss-reactive ketones (excluding diaryl/α,β-unsaturated/α-hetero) is 1. The van der Waals surface area contributed by atoms with Crippen molar-refractivity contribution >= 4 is 21.7 Å². The van der Waals surface area contributed by atoms with E-state index in [2.05, 4.69) is 15.9 Å². The van der Waals surface area contributed by atoms with Crippen molar-refractivity contribution in [2.45, 2.75) is 13.2 Å². The zero-order valence-corrected chi connectivity index (χ0v) is 15.0. The average Bonchev–Trinajstić information content (AvgIpc) is 3.10. The van der Waals surface area contributed by atoms with Crippen molar-refractivity contribution in [3.8, 4) is 17.2 Å². The maximum atomic E-state index is 11.6. The lowest BCUT2D eigenvalue weighted by Gasteiger charge is -2.14. The van der Waals surface area contributed by atoms with Crippen molar-refractivity contribution in [1.82, 2.24) is 0 Å². The Bertz CT molecular complexity index is 753. The molecule has 126 valence electrons. The van der Waals surface area contributed by atoms with Crippen LogP contribution in [0, 0.1) is 0 Å². The van der Waals surface area contributed by atoms with Crippen LogP contribution in [0.15, 0.2) is 40.9 Å². The van der Waals surface area contributed by atoms with Gasteiger partial charge in [0.1, 0.15) is 17.2 Å². The molecule has 0 aromatic heterocycles. The number of hydrogen-bond acceptors (Lipinski definition) is 5. The molecule has 0 unspecified atom stereocenters. The zero-order chi connectivity index (χ0) is 17.1. The molecule has 0 spiro atoms. The van der Waals surface area contributed by atoms with E-state index in [1.54, 1.807) is 18.2 Å². The van der Waals surface area contributed by atoms with Gasteiger partial charge in [-0.05, 0) is 37.3 Å². The van der Waals surface area contributed by atoms with Gasteiger partial charge in [0.15, 0.2) is 12.1 Å². The lowest BCUT2D eigenvalue weighted by Crippen LogP contribution is -2.00. The van der Waals surface area contributed by atoms with Gasteiger partial charge in [0.2, 0.25) is 0 Å². The molecule has 1 saturated heterocycles. The molecule has 0 atom stereocenters. The molecule has 1 aliphatic rings. The fourth-order valence-corrected chi connectivity index (χ4v) is 2.90. The number of halogens is 1. The van der Waals surface area contributed by atoms with Gasteiger partial charge in [-0.3, -0.25) is 4.79 Å². The van der Waals surface area contributed by atoms with Gasteiger partial charge in [-0.1, -0.05) is 15.9 Å². The molecule has 6 heteroatoms. The monoisotopic (exact) mass is 392 g/mol. The number of methoxy groups -OCH3 is 1. The number of carbonyl (C=O) groups excluding carboxylic acids is 1. The van der Waals surface area contributed by atoms with Crippen molar-refractivity contribution < 1.29 is 23.7 Å². The molecular weight excluding hydrogens is 376 g/mol. The van der Waals surface area contributed by atoms with Crippen LogP contribution in [0.5, 0.6) is 17.2 Å². The molecule has 24 heavy (non-hydrogen) atoms. The van der Waals surface area contributed by atoms with Gasteiger partial charge in [-0.2, -0.15) is 0 Å². The molecule has 0 aliphatic carbocycles. The topological polar surface area (TPSA) is 54.0 Å². The summed E-state index contributed by atoms with van der Waals surface area (Å²) in [6, 6.07) is 10.7. The van der Waals surface area contributed by atoms with E-state index < -0.39 is 6.29 Å². The molecule has 1 heterocycles. The van der Waals surface area contributed by atoms with Crippen LogP contribution in [0.1, 0.15) is 29.1 Å². The molecule has 1 fully saturated rings. The van der Waals surface area contributed by atoms with Crippen LogP contribution >= 0.6 is 15.9 Å². The number of carbonyl (C=O) groups is 1. The SMILES string of the molecule is COc1cc(Oc2ccc(Br)c(C3OCCO3)c2)ccc1C(C)=O. The second-order valence-corrected chi connectivity index (χ2v) is 6.13. The molecule has 0 amide bonds. The number of hydrogen-bond donors (Lipinski definition) is 0. The van der Waals surface area contributed by atoms with Crippen molar-refractivity contribution in [3.05, 3.63) is 52.0 Å². The Balaban J connectivity index is 1.86. The summed E-state index contributed by atoms with van der Waals surface area (Å²) < 4.78 is 23.1. The smallest absolute Gasteiger partial charge is 0.185 e. The third kappa shape index (κ3) is 3.61. The van der Waals surface area contributed by atoms with E-state index in [0.29, 0.717) is 36.0 Å². The third-order valence-corrected chi connectivity index (χ3v) is 4.35. The first-order valence-corrected chi connectivity index (χ1v) is 8.27. The molecule has 0 bridgehead atoms. The molecule has 0 N–H and O–H groups in total. The van der Waals surface area contributed by atoms with Crippen LogP contribution in [0.4, 0.5) is 0 Å². The Hall–Kier alpha value is -1.89. The molecule has 5 nitrogen and oxygen atoms in total. The summed E-state index contributed by atoms with van der Waals surface area (Å²) in [5, 5.41) is 0. The van der Waals surface area contributed by atoms with E-state index >= 15 is 0 Å². The minimum absolute atomic E-state index is 0.0557. The lowest BCUT2D eigenvalue weighted by molar-refractivity contribution is -0.0447. The first kappa shape index (κ1) is 17.0. The van der Waals surface area contributed by atoms with Crippen LogP contribution < -0.4 is 9.47 Å². The third-order valence-electron chi connectivity index (χ3n) is 3.63. The van der Waals surface area contributed by atoms with Gasteiger partial charge in [-0.25, -0.2) is 0 Å². The molecule has 0 saturated carbocycles. The number of benzene rings is 2. The molecular formula is C18H17BrO5. The van der Waals surface area contributed by atoms with Gasteiger partial charge in [0, 0.05) is 16.1 Å². The summed E-state index contributed by atoms with van der Waals surface area (Å²) in [6.07, 6.45) is -0.391. The van der Waals surface area contributed by atoms with E-state index in [1.165, 1.54) is 14.0 Å². The highest BCUT2D eigenvalue weighted by Gasteiger charge is 2.21. The second kappa shape index (κ2) is 7.34. The summed E-state index contributed by atoms with van der Waals surface area (Å²) in [6.45, 7) is 2.65. The molecule has 2 aromatic carbocycles. The number of ether oxygens (including phenoxy) is 4. The maximum Gasteiger partial charge on any atom is 0.185 e. The molecule has 0 radical (unpaired) electrons. The first-order chi connectivity index (χ1) is 11.6. The van der Waals surface area contributed by atoms with Gasteiger partial charge < -0.3 is 18.9 Å². The molecule has 2 aromatic rings. The standard InChI is InChI=1S/C18H17BrO5/c1-11(20)14-5-3-13(10-17(14)21-2)24-12-4-6-16(19)15(9-12)18-22-7-8-23-18/h3-6,9-10,18H,7-8H2,1-2H3. The molecule has 1 aliphatic heterocycles. The summed E-state index contributed by atoms with van der Waals surface area (Å²) in [7, 11) is 1.53. The Labute approximate surface area is 148 Å². The van der Waals surface area contributed by atoms with Crippen LogP contribution in [0.2, 0.25) is 0 Å². The highest BCUT2D eigenvalue weighted by atomic mass is 79.9. The second-order valence-electron chi connectivity index (χ2n) is 5.28. The van der Waals surface area contributed by atoms with Crippen LogP contribution in [-0.2, 0) is 9.47 Å². The summed E-state index contributed by atoms with van der Waals surface area (Å²) >= 11 is 3.50. The summed E-state index contributed by atoms with van der Waals surface area (Å²) in [5.41, 5.74) is 1.39. The van der Waals surface area contributed by atoms with Gasteiger partial charge >= 0.3 is 0 Å². The average molecular weight is 393 g/mol. The summed E-state index contributed by atoms with van der Waals surface area (Å²) in [4.78, 5) is 11.6. The Morgan fingerprint density at radius 2 is 1.79 bits per heavy atom. The largest absolute Gasteiger partial charge is 0.496 e. The van der Waals surface area contributed by atoms with Crippen LogP contribution in [0.25, 0.3) is 0 Å². The van der Waals surface area contributed by atoms with Crippen molar-refractivity contribution in [2.24, 2.45) is 0 Å². The van der Waals surface area contributed by atoms with Crippen molar-refractivity contribution in [3.63, 3.8) is 0 Å². The van der Waals surface area contributed by atoms with E-state index in [4.69, 9.17) is 18.9 Å². The minimum atomic E-state index is -0.391. The van der Waals surface area contributed by atoms with Crippen LogP contribution in [-0.4, -0.2) is 26.1 Å². The lowest BCUT2D eigenvalue weighted by atomic mass is 10.1. The van der Waals surface area contributed by atoms with Crippen molar-refractivity contribution in [2.75, 3.05) is 20.3 Å². The summed E-state index contributed by atoms with van der Waals surface area (Å²) in [5.74, 6) is 1.66. The zero-order valence-electron chi connectivity index (χ0n) is 13.4. The van der Waals surface area contributed by atoms with Gasteiger partial charge in [0.25, 0.3) is 0 Å². The van der Waals surface area contributed by atoms with Crippen LogP contribution in [0.3, 0.4) is 0 Å². The first-order valence-electron chi connectivity index (χ1n) is 7.48. The predicted molar refractivity (Wildman–Crippen MR) is 91.9 cm³/mol. The fraction of sp³-hybridized carbons (Fsp3) is 0.278. The minimum Gasteiger partial charge on any atom is -0.496 e. The van der Waals surface area contributed by atoms with Crippen molar-refractivity contribution in [1.29, 1.82) is 0 Å². The normalized spacial score (nSPS) is 14.6. The highest BCUT2D eigenvalue weighted by Crippen LogP contribution is 2.35. The quantitative estimate of drug-likeness (QED) is 0.701. The van der Waals surface area contributed by atoms with Gasteiger partial charge in [0.05, 0.1) is 25.9 Å². The molecule has 3 rings (SSSR count). The van der Waals surface area contributed by atoms with E-state index in [9.17, 15) is 4.79 Å². The highest BCUT2D eigenvalue weighted by molar-refractivity contribution is 9.10. The maximum absolute atomic E-state index is 11.6. The number of rotatable bonds is 5. The Kier molecular flexibility index (Phi) is 5.18. The Morgan fingerprint density at radius 1 is 1.12 bits per heavy atom.